The minimum absolute atomic E-state index is 0. The van der Waals surface area contributed by atoms with Crippen LogP contribution in [0.1, 0.15) is 29.3 Å². The fourth-order valence-electron chi connectivity index (χ4n) is 3.96. The van der Waals surface area contributed by atoms with E-state index in [0.29, 0.717) is 22.3 Å². The van der Waals surface area contributed by atoms with Crippen molar-refractivity contribution in [3.05, 3.63) is 52.5 Å². The van der Waals surface area contributed by atoms with Crippen molar-refractivity contribution in [2.45, 2.75) is 25.2 Å². The minimum atomic E-state index is -3.42. The summed E-state index contributed by atoms with van der Waals surface area (Å²) in [4.78, 5) is 22.6. The number of carbonyl (C=O) groups excluding carboxylic acids is 1. The van der Waals surface area contributed by atoms with Crippen LogP contribution in [0.2, 0.25) is 5.02 Å². The molecule has 0 atom stereocenters. The van der Waals surface area contributed by atoms with Crippen LogP contribution in [0.5, 0.6) is 0 Å². The summed E-state index contributed by atoms with van der Waals surface area (Å²) in [6.45, 7) is 8.05. The summed E-state index contributed by atoms with van der Waals surface area (Å²) in [7, 11) is -3.42. The maximum absolute atomic E-state index is 13.7. The molecular weight excluding hydrogens is 529 g/mol. The van der Waals surface area contributed by atoms with Gasteiger partial charge in [-0.1, -0.05) is 35.9 Å². The Labute approximate surface area is 221 Å². The lowest BCUT2D eigenvalue weighted by Crippen LogP contribution is -2.39. The third-order valence-electron chi connectivity index (χ3n) is 5.89. The highest BCUT2D eigenvalue weighted by atomic mass is 35.5. The Morgan fingerprint density at radius 2 is 1.97 bits per heavy atom. The zero-order valence-electron chi connectivity index (χ0n) is 19.7. The van der Waals surface area contributed by atoms with Crippen molar-refractivity contribution >= 4 is 66.4 Å². The molecule has 3 aromatic rings. The molecule has 1 aliphatic heterocycles. The fourth-order valence-corrected chi connectivity index (χ4v) is 6.33. The summed E-state index contributed by atoms with van der Waals surface area (Å²) >= 11 is 7.66. The predicted molar refractivity (Wildman–Crippen MR) is 144 cm³/mol. The Bertz CT molecular complexity index is 1290. The number of ether oxygens (including phenoxy) is 1. The highest BCUT2D eigenvalue weighted by molar-refractivity contribution is 7.91. The van der Waals surface area contributed by atoms with E-state index in [2.05, 4.69) is 4.90 Å². The molecule has 1 amide bonds. The summed E-state index contributed by atoms with van der Waals surface area (Å²) in [5.41, 5.74) is 2.09. The first-order valence-electron chi connectivity index (χ1n) is 11.3. The molecule has 0 bridgehead atoms. The van der Waals surface area contributed by atoms with Crippen LogP contribution in [-0.4, -0.2) is 69.4 Å². The second-order valence-electron chi connectivity index (χ2n) is 8.26. The van der Waals surface area contributed by atoms with Gasteiger partial charge < -0.3 is 4.74 Å². The molecule has 35 heavy (non-hydrogen) atoms. The SMILES string of the molecule is CCS(=O)(=O)c1cccc(C(=O)N(CCCN2CCOCC2)c2nc3c(C)cc(Cl)cc3s2)c1.Cl. The van der Waals surface area contributed by atoms with Gasteiger partial charge in [-0.2, -0.15) is 0 Å². The quantitative estimate of drug-likeness (QED) is 0.394. The zero-order chi connectivity index (χ0) is 24.3. The lowest BCUT2D eigenvalue weighted by molar-refractivity contribution is 0.0376. The maximum atomic E-state index is 13.7. The van der Waals surface area contributed by atoms with Crippen LogP contribution in [0.4, 0.5) is 5.13 Å². The van der Waals surface area contributed by atoms with E-state index in [0.717, 1.165) is 55.0 Å². The van der Waals surface area contributed by atoms with Gasteiger partial charge in [0.1, 0.15) is 0 Å². The van der Waals surface area contributed by atoms with E-state index in [4.69, 9.17) is 21.3 Å². The van der Waals surface area contributed by atoms with E-state index >= 15 is 0 Å². The molecule has 0 spiro atoms. The van der Waals surface area contributed by atoms with Crippen molar-refractivity contribution < 1.29 is 17.9 Å². The molecule has 1 saturated heterocycles. The van der Waals surface area contributed by atoms with Gasteiger partial charge in [-0.15, -0.1) is 12.4 Å². The average molecular weight is 559 g/mol. The van der Waals surface area contributed by atoms with Crippen molar-refractivity contribution in [1.82, 2.24) is 9.88 Å². The summed E-state index contributed by atoms with van der Waals surface area (Å²) in [5.74, 6) is -0.288. The highest BCUT2D eigenvalue weighted by Crippen LogP contribution is 2.34. The zero-order valence-corrected chi connectivity index (χ0v) is 22.9. The largest absolute Gasteiger partial charge is 0.379 e. The number of nitrogens with zero attached hydrogens (tertiary/aromatic N) is 3. The summed E-state index contributed by atoms with van der Waals surface area (Å²) in [5, 5.41) is 1.21. The standard InChI is InChI=1S/C24H28ClN3O4S2.ClH/c1-3-34(30,31)20-7-4-6-18(15-20)23(29)28(9-5-8-27-10-12-32-13-11-27)24-26-22-17(2)14-19(25)16-21(22)33-24;/h4,6-7,14-16H,3,5,8-13H2,1-2H3;1H. The van der Waals surface area contributed by atoms with E-state index < -0.39 is 9.84 Å². The molecule has 2 heterocycles. The number of hydrogen-bond acceptors (Lipinski definition) is 7. The molecule has 1 aliphatic rings. The lowest BCUT2D eigenvalue weighted by Gasteiger charge is -2.27. The second kappa shape index (κ2) is 12.0. The van der Waals surface area contributed by atoms with E-state index in [-0.39, 0.29) is 29.0 Å². The molecule has 0 N–H and O–H groups in total. The van der Waals surface area contributed by atoms with Gasteiger partial charge in [0.25, 0.3) is 5.91 Å². The maximum Gasteiger partial charge on any atom is 0.260 e. The van der Waals surface area contributed by atoms with Gasteiger partial charge >= 0.3 is 0 Å². The van der Waals surface area contributed by atoms with Crippen LogP contribution in [0.3, 0.4) is 0 Å². The molecule has 0 unspecified atom stereocenters. The topological polar surface area (TPSA) is 79.8 Å². The molecule has 7 nitrogen and oxygen atoms in total. The number of fused-ring (bicyclic) bond motifs is 1. The van der Waals surface area contributed by atoms with Crippen LogP contribution in [0.25, 0.3) is 10.2 Å². The smallest absolute Gasteiger partial charge is 0.260 e. The third-order valence-corrected chi connectivity index (χ3v) is 8.87. The number of aryl methyl sites for hydroxylation is 1. The molecule has 2 aromatic carbocycles. The van der Waals surface area contributed by atoms with Crippen LogP contribution in [0.15, 0.2) is 41.3 Å². The van der Waals surface area contributed by atoms with Gasteiger partial charge in [-0.05, 0) is 49.2 Å². The third kappa shape index (κ3) is 6.53. The number of sulfone groups is 1. The average Bonchev–Trinajstić information content (AvgIpc) is 3.26. The van der Waals surface area contributed by atoms with Crippen LogP contribution < -0.4 is 4.90 Å². The lowest BCUT2D eigenvalue weighted by atomic mass is 10.2. The fraction of sp³-hybridized carbons (Fsp3) is 0.417. The second-order valence-corrected chi connectivity index (χ2v) is 12.0. The Kier molecular flexibility index (Phi) is 9.53. The Balaban J connectivity index is 0.00000342. The van der Waals surface area contributed by atoms with Crippen molar-refractivity contribution in [3.8, 4) is 0 Å². The van der Waals surface area contributed by atoms with Gasteiger partial charge in [0.2, 0.25) is 0 Å². The number of halogens is 2. The minimum Gasteiger partial charge on any atom is -0.379 e. The van der Waals surface area contributed by atoms with Crippen molar-refractivity contribution in [1.29, 1.82) is 0 Å². The molecule has 0 saturated carbocycles. The molecule has 1 fully saturated rings. The highest BCUT2D eigenvalue weighted by Gasteiger charge is 2.24. The first kappa shape index (κ1) is 27.8. The normalized spacial score (nSPS) is 14.6. The Morgan fingerprint density at radius 3 is 2.69 bits per heavy atom. The first-order valence-corrected chi connectivity index (χ1v) is 14.1. The summed E-state index contributed by atoms with van der Waals surface area (Å²) in [6, 6.07) is 9.98. The predicted octanol–water partition coefficient (Wildman–Crippen LogP) is 4.84. The number of hydrogen-bond donors (Lipinski definition) is 0. The number of carbonyl (C=O) groups is 1. The van der Waals surface area contributed by atoms with Gasteiger partial charge in [0.05, 0.1) is 34.1 Å². The van der Waals surface area contributed by atoms with Crippen LogP contribution >= 0.6 is 35.3 Å². The molecule has 4 rings (SSSR count). The number of morpholine rings is 1. The van der Waals surface area contributed by atoms with Crippen LogP contribution in [0, 0.1) is 6.92 Å². The van der Waals surface area contributed by atoms with Gasteiger partial charge in [0, 0.05) is 36.8 Å². The number of thiazole rings is 1. The number of amides is 1. The molecule has 0 aliphatic carbocycles. The van der Waals surface area contributed by atoms with Gasteiger partial charge in [-0.25, -0.2) is 13.4 Å². The monoisotopic (exact) mass is 557 g/mol. The molecule has 0 radical (unpaired) electrons. The van der Waals surface area contributed by atoms with Gasteiger partial charge in [0.15, 0.2) is 15.0 Å². The number of benzene rings is 2. The number of anilines is 1. The Hall–Kier alpha value is -1.75. The van der Waals surface area contributed by atoms with E-state index in [1.165, 1.54) is 23.5 Å². The van der Waals surface area contributed by atoms with E-state index in [9.17, 15) is 13.2 Å². The first-order chi connectivity index (χ1) is 16.3. The molecule has 11 heteroatoms. The van der Waals surface area contributed by atoms with E-state index in [1.54, 1.807) is 24.0 Å². The van der Waals surface area contributed by atoms with E-state index in [1.807, 2.05) is 19.1 Å². The van der Waals surface area contributed by atoms with Crippen molar-refractivity contribution in [3.63, 3.8) is 0 Å². The number of rotatable bonds is 8. The van der Waals surface area contributed by atoms with Crippen molar-refractivity contribution in [2.75, 3.05) is 50.0 Å². The summed E-state index contributed by atoms with van der Waals surface area (Å²) < 4.78 is 31.1. The summed E-state index contributed by atoms with van der Waals surface area (Å²) in [6.07, 6.45) is 0.758. The Morgan fingerprint density at radius 1 is 1.23 bits per heavy atom. The van der Waals surface area contributed by atoms with Gasteiger partial charge in [-0.3, -0.25) is 14.6 Å². The molecule has 1 aromatic heterocycles. The molecule has 190 valence electrons. The number of aromatic nitrogens is 1. The van der Waals surface area contributed by atoms with Crippen LogP contribution in [-0.2, 0) is 14.6 Å². The molecular formula is C24H29Cl2N3O4S2. The van der Waals surface area contributed by atoms with Crippen molar-refractivity contribution in [2.24, 2.45) is 0 Å².